The van der Waals surface area contributed by atoms with Gasteiger partial charge in [-0.1, -0.05) is 6.07 Å². The van der Waals surface area contributed by atoms with Crippen molar-refractivity contribution in [1.82, 2.24) is 14.5 Å². The normalized spacial score (nSPS) is 19.6. The van der Waals surface area contributed by atoms with Gasteiger partial charge in [0.25, 0.3) is 0 Å². The summed E-state index contributed by atoms with van der Waals surface area (Å²) < 4.78 is 56.7. The summed E-state index contributed by atoms with van der Waals surface area (Å²) in [6, 6.07) is 4.53. The van der Waals surface area contributed by atoms with Gasteiger partial charge in [-0.15, -0.1) is 0 Å². The van der Waals surface area contributed by atoms with Crippen LogP contribution in [0.25, 0.3) is 6.08 Å². The molecule has 0 aromatic heterocycles. The molecule has 11 heteroatoms. The molecular formula is C20H23F2N3O5S. The first-order valence-electron chi connectivity index (χ1n) is 10.1. The molecule has 1 N–H and O–H groups in total. The summed E-state index contributed by atoms with van der Waals surface area (Å²) in [5, 5.41) is 2.65. The number of nitrogens with one attached hydrogen (secondary N) is 1. The number of halogens is 2. The van der Waals surface area contributed by atoms with E-state index in [1.165, 1.54) is 21.3 Å². The number of hydrogen-bond donors (Lipinski definition) is 1. The van der Waals surface area contributed by atoms with Crippen molar-refractivity contribution in [2.24, 2.45) is 0 Å². The van der Waals surface area contributed by atoms with E-state index in [0.717, 1.165) is 18.4 Å². The van der Waals surface area contributed by atoms with Crippen LogP contribution in [-0.4, -0.2) is 68.3 Å². The Morgan fingerprint density at radius 3 is 2.45 bits per heavy atom. The van der Waals surface area contributed by atoms with Crippen molar-refractivity contribution in [3.63, 3.8) is 0 Å². The standard InChI is InChI=1S/C20H23F2N3O5S/c21-20(22)30-16-5-1-14-12-17(6-2-13(14)11-16)31(28,29)25-9-7-24(8-10-25)19(27)18(26)23-15-3-4-15/h1,5,11-12,15,20H,2-4,6-10H2,(H,23,26). The minimum absolute atomic E-state index is 0.0416. The van der Waals surface area contributed by atoms with Crippen molar-refractivity contribution in [3.05, 3.63) is 34.2 Å². The molecule has 1 heterocycles. The van der Waals surface area contributed by atoms with Gasteiger partial charge in [0.15, 0.2) is 0 Å². The molecule has 1 aromatic rings. The van der Waals surface area contributed by atoms with E-state index < -0.39 is 28.4 Å². The van der Waals surface area contributed by atoms with Crippen LogP contribution >= 0.6 is 0 Å². The van der Waals surface area contributed by atoms with E-state index in [1.807, 2.05) is 0 Å². The summed E-state index contributed by atoms with van der Waals surface area (Å²) in [5.74, 6) is -1.22. The van der Waals surface area contributed by atoms with Crippen molar-refractivity contribution in [3.8, 4) is 5.75 Å². The lowest BCUT2D eigenvalue weighted by Crippen LogP contribution is -2.54. The first-order valence-corrected chi connectivity index (χ1v) is 11.6. The summed E-state index contributed by atoms with van der Waals surface area (Å²) in [7, 11) is -3.73. The Balaban J connectivity index is 1.40. The van der Waals surface area contributed by atoms with Crippen LogP contribution in [0.15, 0.2) is 23.1 Å². The van der Waals surface area contributed by atoms with Crippen LogP contribution in [0.1, 0.15) is 30.4 Å². The van der Waals surface area contributed by atoms with Gasteiger partial charge < -0.3 is 15.0 Å². The molecule has 0 unspecified atom stereocenters. The Morgan fingerprint density at radius 1 is 1.10 bits per heavy atom. The Bertz CT molecular complexity index is 1020. The molecule has 1 aliphatic heterocycles. The average Bonchev–Trinajstić information content (AvgIpc) is 3.56. The van der Waals surface area contributed by atoms with Gasteiger partial charge in [0, 0.05) is 32.2 Å². The summed E-state index contributed by atoms with van der Waals surface area (Å²) in [6.07, 6.45) is 3.95. The molecule has 0 radical (unpaired) electrons. The molecular weight excluding hydrogens is 432 g/mol. The van der Waals surface area contributed by atoms with Gasteiger partial charge in [0.1, 0.15) is 5.75 Å². The van der Waals surface area contributed by atoms with Crippen LogP contribution in [0, 0.1) is 0 Å². The van der Waals surface area contributed by atoms with E-state index in [4.69, 9.17) is 0 Å². The smallest absolute Gasteiger partial charge is 0.387 e. The van der Waals surface area contributed by atoms with Gasteiger partial charge in [0.05, 0.1) is 4.91 Å². The third kappa shape index (κ3) is 4.87. The highest BCUT2D eigenvalue weighted by atomic mass is 32.2. The number of ether oxygens (including phenoxy) is 1. The van der Waals surface area contributed by atoms with Crippen molar-refractivity contribution < 1.29 is 31.5 Å². The van der Waals surface area contributed by atoms with Crippen LogP contribution < -0.4 is 10.1 Å². The minimum Gasteiger partial charge on any atom is -0.435 e. The molecule has 1 aromatic carbocycles. The number of rotatable bonds is 5. The number of benzene rings is 1. The minimum atomic E-state index is -3.73. The number of piperazine rings is 1. The third-order valence-electron chi connectivity index (χ3n) is 5.60. The number of fused-ring (bicyclic) bond motifs is 1. The SMILES string of the molecule is O=C(NC1CC1)C(=O)N1CCN(S(=O)(=O)C2=Cc3ccc(OC(F)F)cc3CC2)CC1. The molecule has 2 aliphatic carbocycles. The van der Waals surface area contributed by atoms with E-state index in [2.05, 4.69) is 10.1 Å². The monoisotopic (exact) mass is 455 g/mol. The third-order valence-corrected chi connectivity index (χ3v) is 7.63. The maximum absolute atomic E-state index is 13.1. The molecule has 1 saturated carbocycles. The molecule has 4 rings (SSSR count). The molecule has 1 saturated heterocycles. The molecule has 2 amide bonds. The molecule has 8 nitrogen and oxygen atoms in total. The Hall–Kier alpha value is -2.53. The van der Waals surface area contributed by atoms with Gasteiger partial charge in [-0.3, -0.25) is 9.59 Å². The quantitative estimate of drug-likeness (QED) is 0.676. The summed E-state index contributed by atoms with van der Waals surface area (Å²) in [4.78, 5) is 25.8. The lowest BCUT2D eigenvalue weighted by Gasteiger charge is -2.34. The zero-order chi connectivity index (χ0) is 22.2. The highest BCUT2D eigenvalue weighted by Gasteiger charge is 2.35. The Morgan fingerprint density at radius 2 is 1.81 bits per heavy atom. The number of allylic oxidation sites excluding steroid dienone is 1. The number of amides is 2. The van der Waals surface area contributed by atoms with Crippen LogP contribution in [0.5, 0.6) is 5.75 Å². The molecule has 168 valence electrons. The highest BCUT2D eigenvalue weighted by Crippen LogP contribution is 2.32. The van der Waals surface area contributed by atoms with Crippen LogP contribution in [0.2, 0.25) is 0 Å². The van der Waals surface area contributed by atoms with E-state index in [-0.39, 0.29) is 49.3 Å². The maximum atomic E-state index is 13.1. The van der Waals surface area contributed by atoms with Crippen LogP contribution in [0.4, 0.5) is 8.78 Å². The van der Waals surface area contributed by atoms with Crippen molar-refractivity contribution in [2.75, 3.05) is 26.2 Å². The predicted molar refractivity (Wildman–Crippen MR) is 108 cm³/mol. The molecule has 0 atom stereocenters. The zero-order valence-corrected chi connectivity index (χ0v) is 17.5. The van der Waals surface area contributed by atoms with E-state index in [0.29, 0.717) is 12.0 Å². The lowest BCUT2D eigenvalue weighted by atomic mass is 9.97. The largest absolute Gasteiger partial charge is 0.435 e. The lowest BCUT2D eigenvalue weighted by molar-refractivity contribution is -0.146. The fourth-order valence-corrected chi connectivity index (χ4v) is 5.35. The summed E-state index contributed by atoms with van der Waals surface area (Å²) in [5.41, 5.74) is 1.39. The second-order valence-corrected chi connectivity index (χ2v) is 9.78. The van der Waals surface area contributed by atoms with Crippen molar-refractivity contribution >= 4 is 27.9 Å². The fourth-order valence-electron chi connectivity index (χ4n) is 3.74. The topological polar surface area (TPSA) is 96.0 Å². The van der Waals surface area contributed by atoms with Crippen molar-refractivity contribution in [2.45, 2.75) is 38.3 Å². The fraction of sp³-hybridized carbons (Fsp3) is 0.500. The summed E-state index contributed by atoms with van der Waals surface area (Å²) >= 11 is 0. The molecule has 0 spiro atoms. The van der Waals surface area contributed by atoms with Gasteiger partial charge in [-0.05, 0) is 55.0 Å². The first kappa shape index (κ1) is 21.7. The van der Waals surface area contributed by atoms with Gasteiger partial charge in [-0.2, -0.15) is 13.1 Å². The highest BCUT2D eigenvalue weighted by molar-refractivity contribution is 7.93. The first-order chi connectivity index (χ1) is 14.7. The Kier molecular flexibility index (Phi) is 5.98. The maximum Gasteiger partial charge on any atom is 0.387 e. The number of alkyl halides is 2. The van der Waals surface area contributed by atoms with Crippen molar-refractivity contribution in [1.29, 1.82) is 0 Å². The average molecular weight is 455 g/mol. The van der Waals surface area contributed by atoms with E-state index in [9.17, 15) is 26.8 Å². The van der Waals surface area contributed by atoms with Gasteiger partial charge in [0.2, 0.25) is 10.0 Å². The van der Waals surface area contributed by atoms with Crippen LogP contribution in [0.3, 0.4) is 0 Å². The second-order valence-electron chi connectivity index (χ2n) is 7.79. The number of carbonyl (C=O) groups excluding carboxylic acids is 2. The molecule has 3 aliphatic rings. The summed E-state index contributed by atoms with van der Waals surface area (Å²) in [6.45, 7) is -2.41. The number of carbonyl (C=O) groups is 2. The van der Waals surface area contributed by atoms with Gasteiger partial charge >= 0.3 is 18.4 Å². The molecule has 2 fully saturated rings. The van der Waals surface area contributed by atoms with Gasteiger partial charge in [-0.25, -0.2) is 8.42 Å². The Labute approximate surface area is 178 Å². The molecule has 0 bridgehead atoms. The number of aryl methyl sites for hydroxylation is 1. The van der Waals surface area contributed by atoms with Crippen LogP contribution in [-0.2, 0) is 26.0 Å². The number of nitrogens with zero attached hydrogens (tertiary/aromatic N) is 2. The molecule has 31 heavy (non-hydrogen) atoms. The van der Waals surface area contributed by atoms with E-state index >= 15 is 0 Å². The van der Waals surface area contributed by atoms with E-state index in [1.54, 1.807) is 12.1 Å². The predicted octanol–water partition coefficient (Wildman–Crippen LogP) is 1.33. The number of sulfonamides is 1. The number of hydrogen-bond acceptors (Lipinski definition) is 5. The zero-order valence-electron chi connectivity index (χ0n) is 16.7. The second kappa shape index (κ2) is 8.54.